The zero-order chi connectivity index (χ0) is 15.4. The lowest BCUT2D eigenvalue weighted by molar-refractivity contribution is 0.0963. The van der Waals surface area contributed by atoms with Crippen molar-refractivity contribution < 1.29 is 4.79 Å². The van der Waals surface area contributed by atoms with Crippen LogP contribution in [0.1, 0.15) is 15.9 Å². The summed E-state index contributed by atoms with van der Waals surface area (Å²) < 4.78 is 0. The minimum atomic E-state index is -0.224. The van der Waals surface area contributed by atoms with Gasteiger partial charge in [0.1, 0.15) is 0 Å². The molecular weight excluding hydrogens is 331 g/mol. The van der Waals surface area contributed by atoms with Crippen LogP contribution in [0.3, 0.4) is 0 Å². The summed E-state index contributed by atoms with van der Waals surface area (Å²) >= 11 is 17.9. The van der Waals surface area contributed by atoms with E-state index >= 15 is 0 Å². The average Bonchev–Trinajstić information content (AvgIpc) is 2.49. The number of carbonyl (C=O) groups excluding carboxylic acids is 1. The van der Waals surface area contributed by atoms with Crippen LogP contribution in [-0.2, 0) is 6.54 Å². The maximum absolute atomic E-state index is 11.7. The van der Waals surface area contributed by atoms with Crippen molar-refractivity contribution in [3.05, 3.63) is 62.6 Å². The van der Waals surface area contributed by atoms with Gasteiger partial charge < -0.3 is 10.6 Å². The fourth-order valence-electron chi connectivity index (χ4n) is 1.80. The molecule has 0 saturated carbocycles. The number of hydrogen-bond donors (Lipinski definition) is 2. The standard InChI is InChI=1S/C15H13Cl3N2O/c1-19-15(21)11-7-10(3-5-12(11)16)20-8-9-2-4-13(17)14(18)6-9/h2-7,20H,8H2,1H3,(H,19,21). The predicted octanol–water partition coefficient (Wildman–Crippen LogP) is 4.62. The third-order valence-corrected chi connectivity index (χ3v) is 3.99. The molecule has 0 saturated heterocycles. The lowest BCUT2D eigenvalue weighted by Gasteiger charge is -2.10. The molecule has 1 amide bonds. The third-order valence-electron chi connectivity index (χ3n) is 2.92. The van der Waals surface area contributed by atoms with E-state index in [2.05, 4.69) is 10.6 Å². The fraction of sp³-hybridized carbons (Fsp3) is 0.133. The molecule has 3 nitrogen and oxygen atoms in total. The molecule has 110 valence electrons. The third kappa shape index (κ3) is 4.03. The van der Waals surface area contributed by atoms with Crippen LogP contribution >= 0.6 is 34.8 Å². The summed E-state index contributed by atoms with van der Waals surface area (Å²) in [5, 5.41) is 7.21. The first kappa shape index (κ1) is 16.0. The van der Waals surface area contributed by atoms with Crippen LogP contribution in [0.25, 0.3) is 0 Å². The van der Waals surface area contributed by atoms with Gasteiger partial charge in [-0.2, -0.15) is 0 Å². The molecule has 0 aliphatic heterocycles. The lowest BCUT2D eigenvalue weighted by atomic mass is 10.1. The van der Waals surface area contributed by atoms with Gasteiger partial charge in [0, 0.05) is 19.3 Å². The van der Waals surface area contributed by atoms with E-state index in [0.717, 1.165) is 11.3 Å². The molecule has 2 N–H and O–H groups in total. The van der Waals surface area contributed by atoms with Gasteiger partial charge in [0.25, 0.3) is 5.91 Å². The summed E-state index contributed by atoms with van der Waals surface area (Å²) in [6, 6.07) is 10.6. The molecule has 0 spiro atoms. The molecule has 2 aromatic carbocycles. The summed E-state index contributed by atoms with van der Waals surface area (Å²) in [5.74, 6) is -0.224. The van der Waals surface area contributed by atoms with Crippen molar-refractivity contribution in [2.24, 2.45) is 0 Å². The van der Waals surface area contributed by atoms with E-state index in [1.54, 1.807) is 31.3 Å². The normalized spacial score (nSPS) is 10.3. The first-order chi connectivity index (χ1) is 10.0. The van der Waals surface area contributed by atoms with Gasteiger partial charge in [-0.15, -0.1) is 0 Å². The SMILES string of the molecule is CNC(=O)c1cc(NCc2ccc(Cl)c(Cl)c2)ccc1Cl. The van der Waals surface area contributed by atoms with E-state index in [-0.39, 0.29) is 5.91 Å². The Bertz CT molecular complexity index is 674. The van der Waals surface area contributed by atoms with Gasteiger partial charge in [-0.3, -0.25) is 4.79 Å². The number of anilines is 1. The molecule has 6 heteroatoms. The van der Waals surface area contributed by atoms with Crippen molar-refractivity contribution in [1.29, 1.82) is 0 Å². The maximum Gasteiger partial charge on any atom is 0.252 e. The van der Waals surface area contributed by atoms with E-state index < -0.39 is 0 Å². The highest BCUT2D eigenvalue weighted by Gasteiger charge is 2.09. The summed E-state index contributed by atoms with van der Waals surface area (Å²) in [7, 11) is 1.56. The van der Waals surface area contributed by atoms with E-state index in [1.807, 2.05) is 12.1 Å². The highest BCUT2D eigenvalue weighted by atomic mass is 35.5. The smallest absolute Gasteiger partial charge is 0.252 e. The molecule has 2 aromatic rings. The highest BCUT2D eigenvalue weighted by molar-refractivity contribution is 6.42. The van der Waals surface area contributed by atoms with E-state index in [1.165, 1.54) is 0 Å². The summed E-state index contributed by atoms with van der Waals surface area (Å²) in [5.41, 5.74) is 2.21. The second kappa shape index (κ2) is 7.03. The van der Waals surface area contributed by atoms with Gasteiger partial charge in [0.2, 0.25) is 0 Å². The summed E-state index contributed by atoms with van der Waals surface area (Å²) in [6.07, 6.45) is 0. The Balaban J connectivity index is 2.13. The molecule has 0 heterocycles. The molecule has 0 aliphatic carbocycles. The van der Waals surface area contributed by atoms with E-state index in [9.17, 15) is 4.79 Å². The Morgan fingerprint density at radius 3 is 2.38 bits per heavy atom. The number of benzene rings is 2. The molecule has 0 unspecified atom stereocenters. The van der Waals surface area contributed by atoms with Crippen LogP contribution in [0.5, 0.6) is 0 Å². The zero-order valence-corrected chi connectivity index (χ0v) is 13.5. The molecule has 0 atom stereocenters. The minimum absolute atomic E-state index is 0.224. The molecule has 0 radical (unpaired) electrons. The number of hydrogen-bond acceptors (Lipinski definition) is 2. The monoisotopic (exact) mass is 342 g/mol. The molecule has 0 aliphatic rings. The van der Waals surface area contributed by atoms with Crippen LogP contribution in [0.4, 0.5) is 5.69 Å². The highest BCUT2D eigenvalue weighted by Crippen LogP contribution is 2.24. The molecular formula is C15H13Cl3N2O. The second-order valence-electron chi connectivity index (χ2n) is 4.38. The van der Waals surface area contributed by atoms with Crippen molar-refractivity contribution in [3.63, 3.8) is 0 Å². The first-order valence-corrected chi connectivity index (χ1v) is 7.34. The fourth-order valence-corrected chi connectivity index (χ4v) is 2.32. The summed E-state index contributed by atoms with van der Waals surface area (Å²) in [4.78, 5) is 11.7. The number of amides is 1. The molecule has 0 bridgehead atoms. The van der Waals surface area contributed by atoms with Crippen LogP contribution in [0.2, 0.25) is 15.1 Å². The van der Waals surface area contributed by atoms with Crippen LogP contribution in [-0.4, -0.2) is 13.0 Å². The second-order valence-corrected chi connectivity index (χ2v) is 5.60. The number of rotatable bonds is 4. The van der Waals surface area contributed by atoms with Crippen molar-refractivity contribution in [2.45, 2.75) is 6.54 Å². The number of nitrogens with one attached hydrogen (secondary N) is 2. The molecule has 0 aromatic heterocycles. The topological polar surface area (TPSA) is 41.1 Å². The Labute approximate surface area is 138 Å². The largest absolute Gasteiger partial charge is 0.381 e. The van der Waals surface area contributed by atoms with Crippen molar-refractivity contribution >= 4 is 46.4 Å². The van der Waals surface area contributed by atoms with Gasteiger partial charge in [-0.25, -0.2) is 0 Å². The van der Waals surface area contributed by atoms with Gasteiger partial charge in [0.15, 0.2) is 0 Å². The molecule has 21 heavy (non-hydrogen) atoms. The minimum Gasteiger partial charge on any atom is -0.381 e. The van der Waals surface area contributed by atoms with Crippen molar-refractivity contribution in [1.82, 2.24) is 5.32 Å². The number of carbonyl (C=O) groups is 1. The predicted molar refractivity (Wildman–Crippen MR) is 88.6 cm³/mol. The van der Waals surface area contributed by atoms with Crippen molar-refractivity contribution in [2.75, 3.05) is 12.4 Å². The van der Waals surface area contributed by atoms with Crippen LogP contribution in [0.15, 0.2) is 36.4 Å². The Kier molecular flexibility index (Phi) is 5.34. The van der Waals surface area contributed by atoms with E-state index in [4.69, 9.17) is 34.8 Å². The maximum atomic E-state index is 11.7. The van der Waals surface area contributed by atoms with Crippen molar-refractivity contribution in [3.8, 4) is 0 Å². The quantitative estimate of drug-likeness (QED) is 0.850. The molecule has 2 rings (SSSR count). The molecule has 0 fully saturated rings. The zero-order valence-electron chi connectivity index (χ0n) is 11.2. The van der Waals surface area contributed by atoms with Gasteiger partial charge in [-0.05, 0) is 35.9 Å². The van der Waals surface area contributed by atoms with Gasteiger partial charge in [-0.1, -0.05) is 40.9 Å². The van der Waals surface area contributed by atoms with Gasteiger partial charge >= 0.3 is 0 Å². The summed E-state index contributed by atoms with van der Waals surface area (Å²) in [6.45, 7) is 0.561. The first-order valence-electron chi connectivity index (χ1n) is 6.20. The lowest BCUT2D eigenvalue weighted by Crippen LogP contribution is -2.18. The Hall–Kier alpha value is -1.42. The van der Waals surface area contributed by atoms with Crippen LogP contribution < -0.4 is 10.6 Å². The van der Waals surface area contributed by atoms with Gasteiger partial charge in [0.05, 0.1) is 20.6 Å². The average molecular weight is 344 g/mol. The van der Waals surface area contributed by atoms with E-state index in [0.29, 0.717) is 27.2 Å². The Morgan fingerprint density at radius 1 is 1.00 bits per heavy atom. The Morgan fingerprint density at radius 2 is 1.71 bits per heavy atom. The number of halogens is 3. The van der Waals surface area contributed by atoms with Crippen LogP contribution in [0, 0.1) is 0 Å².